The Balaban J connectivity index is 0.00000196. The largest absolute Gasteiger partial charge is 1.00 e. The number of rotatable bonds is 2. The van der Waals surface area contributed by atoms with Gasteiger partial charge in [0.1, 0.15) is 12.3 Å². The number of Topliss-reactive ketones (excluding diaryl/α,β-unsaturated/α-hetero) is 1. The molecule has 0 aliphatic carbocycles. The minimum absolute atomic E-state index is 0. The number of ketones is 1. The Kier molecular flexibility index (Phi) is 4.70. The lowest BCUT2D eigenvalue weighted by molar-refractivity contribution is -0.981. The molecule has 1 amide bonds. The molecular formula is C9H17ClN2O3. The molecular weight excluding hydrogens is 220 g/mol. The first kappa shape index (κ1) is 14.3. The van der Waals surface area contributed by atoms with Gasteiger partial charge in [0.25, 0.3) is 5.91 Å². The molecule has 88 valence electrons. The van der Waals surface area contributed by atoms with Gasteiger partial charge in [0.05, 0.1) is 20.5 Å². The lowest BCUT2D eigenvalue weighted by atomic mass is 10.3. The quantitative estimate of drug-likeness (QED) is 0.400. The Morgan fingerprint density at radius 2 is 2.00 bits per heavy atom. The normalized spacial score (nSPS) is 23.5. The second kappa shape index (κ2) is 4.92. The van der Waals surface area contributed by atoms with Gasteiger partial charge in [-0.25, -0.2) is 4.59 Å². The molecule has 5 nitrogen and oxygen atoms in total. The number of carbonyl (C=O) groups is 2. The van der Waals surface area contributed by atoms with Gasteiger partial charge in [-0.15, -0.1) is 0 Å². The van der Waals surface area contributed by atoms with Crippen molar-refractivity contribution in [1.82, 2.24) is 5.01 Å². The summed E-state index contributed by atoms with van der Waals surface area (Å²) in [5.41, 5.74) is 0. The van der Waals surface area contributed by atoms with Crippen LogP contribution in [0.4, 0.5) is 0 Å². The average molecular weight is 237 g/mol. The first-order valence-corrected chi connectivity index (χ1v) is 4.67. The minimum Gasteiger partial charge on any atom is -1.00 e. The van der Waals surface area contributed by atoms with Crippen LogP contribution in [-0.4, -0.2) is 53.3 Å². The number of nitrogens with zero attached hydrogens (tertiary/aromatic N) is 2. The average Bonchev–Trinajstić information content (AvgIpc) is 2.24. The van der Waals surface area contributed by atoms with Crippen molar-refractivity contribution < 1.29 is 31.7 Å². The third-order valence-electron chi connectivity index (χ3n) is 2.46. The van der Waals surface area contributed by atoms with Gasteiger partial charge in [-0.3, -0.25) is 9.59 Å². The van der Waals surface area contributed by atoms with E-state index in [9.17, 15) is 14.7 Å². The monoisotopic (exact) mass is 236 g/mol. The standard InChI is InChI=1S/C9H17N2O3.ClH/c1-7(12)6-9(14)10-8(13)4-5-11(10,2)3;/h8,13H,4-6H2,1-3H3;1H/q+1;/p-1. The van der Waals surface area contributed by atoms with E-state index in [1.54, 1.807) is 0 Å². The lowest BCUT2D eigenvalue weighted by Crippen LogP contribution is -3.00. The number of hydrogen-bond acceptors (Lipinski definition) is 3. The summed E-state index contributed by atoms with van der Waals surface area (Å²) in [6, 6.07) is 0. The van der Waals surface area contributed by atoms with Gasteiger partial charge in [-0.1, -0.05) is 0 Å². The summed E-state index contributed by atoms with van der Waals surface area (Å²) < 4.78 is 0.327. The second-order valence-corrected chi connectivity index (χ2v) is 4.23. The second-order valence-electron chi connectivity index (χ2n) is 4.23. The third kappa shape index (κ3) is 3.15. The summed E-state index contributed by atoms with van der Waals surface area (Å²) in [4.78, 5) is 22.4. The summed E-state index contributed by atoms with van der Waals surface area (Å²) >= 11 is 0. The van der Waals surface area contributed by atoms with E-state index in [1.165, 1.54) is 11.9 Å². The Bertz CT molecular complexity index is 268. The van der Waals surface area contributed by atoms with Crippen LogP contribution in [0.15, 0.2) is 0 Å². The molecule has 0 saturated carbocycles. The zero-order valence-corrected chi connectivity index (χ0v) is 9.99. The summed E-state index contributed by atoms with van der Waals surface area (Å²) in [5, 5.41) is 10.9. The SMILES string of the molecule is CC(=O)CC(=O)N1C(O)CC[N+]1(C)C.[Cl-]. The summed E-state index contributed by atoms with van der Waals surface area (Å²) in [5.74, 6) is -0.471. The predicted molar refractivity (Wildman–Crippen MR) is 49.7 cm³/mol. The first-order chi connectivity index (χ1) is 6.34. The highest BCUT2D eigenvalue weighted by atomic mass is 35.5. The number of carbonyl (C=O) groups excluding carboxylic acids is 2. The maximum absolute atomic E-state index is 11.6. The highest BCUT2D eigenvalue weighted by Crippen LogP contribution is 2.22. The van der Waals surface area contributed by atoms with Gasteiger partial charge < -0.3 is 17.5 Å². The number of aliphatic hydroxyl groups is 1. The van der Waals surface area contributed by atoms with E-state index < -0.39 is 6.23 Å². The van der Waals surface area contributed by atoms with Crippen molar-refractivity contribution in [3.8, 4) is 0 Å². The van der Waals surface area contributed by atoms with Crippen LogP contribution in [0.1, 0.15) is 19.8 Å². The topological polar surface area (TPSA) is 57.6 Å². The molecule has 15 heavy (non-hydrogen) atoms. The van der Waals surface area contributed by atoms with Gasteiger partial charge >= 0.3 is 0 Å². The molecule has 1 atom stereocenters. The van der Waals surface area contributed by atoms with Crippen LogP contribution in [0.5, 0.6) is 0 Å². The molecule has 1 rings (SSSR count). The zero-order chi connectivity index (χ0) is 10.9. The maximum atomic E-state index is 11.6. The summed E-state index contributed by atoms with van der Waals surface area (Å²) in [7, 11) is 3.68. The van der Waals surface area contributed by atoms with Crippen LogP contribution in [0.2, 0.25) is 0 Å². The number of amides is 1. The molecule has 1 N–H and O–H groups in total. The van der Waals surface area contributed by atoms with Crippen molar-refractivity contribution in [2.24, 2.45) is 0 Å². The molecule has 0 aromatic rings. The number of halogens is 1. The van der Waals surface area contributed by atoms with E-state index in [-0.39, 0.29) is 30.5 Å². The van der Waals surface area contributed by atoms with Crippen LogP contribution >= 0.6 is 0 Å². The van der Waals surface area contributed by atoms with Crippen LogP contribution in [-0.2, 0) is 9.59 Å². The Morgan fingerprint density at radius 1 is 1.47 bits per heavy atom. The maximum Gasteiger partial charge on any atom is 0.277 e. The van der Waals surface area contributed by atoms with Gasteiger partial charge in [-0.05, 0) is 6.92 Å². The number of aliphatic hydroxyl groups excluding tert-OH is 1. The molecule has 0 aromatic heterocycles. The van der Waals surface area contributed by atoms with E-state index in [1.807, 2.05) is 14.1 Å². The van der Waals surface area contributed by atoms with Crippen molar-refractivity contribution in [2.45, 2.75) is 26.0 Å². The molecule has 1 heterocycles. The van der Waals surface area contributed by atoms with E-state index in [0.717, 1.165) is 0 Å². The van der Waals surface area contributed by atoms with Crippen LogP contribution in [0.25, 0.3) is 0 Å². The molecule has 1 unspecified atom stereocenters. The predicted octanol–water partition coefficient (Wildman–Crippen LogP) is -3.49. The van der Waals surface area contributed by atoms with Gasteiger partial charge in [0, 0.05) is 6.42 Å². The molecule has 0 aromatic carbocycles. The minimum atomic E-state index is -0.753. The van der Waals surface area contributed by atoms with Crippen LogP contribution < -0.4 is 12.4 Å². The number of quaternary nitrogens is 1. The third-order valence-corrected chi connectivity index (χ3v) is 2.46. The van der Waals surface area contributed by atoms with Crippen molar-refractivity contribution in [1.29, 1.82) is 0 Å². The fraction of sp³-hybridized carbons (Fsp3) is 0.778. The van der Waals surface area contributed by atoms with Crippen LogP contribution in [0.3, 0.4) is 0 Å². The fourth-order valence-electron chi connectivity index (χ4n) is 1.78. The van der Waals surface area contributed by atoms with E-state index >= 15 is 0 Å². The molecule has 1 aliphatic heterocycles. The van der Waals surface area contributed by atoms with Gasteiger partial charge in [0.15, 0.2) is 6.23 Å². The Labute approximate surface area is 95.6 Å². The molecule has 1 aliphatic rings. The van der Waals surface area contributed by atoms with E-state index in [0.29, 0.717) is 17.6 Å². The lowest BCUT2D eigenvalue weighted by Gasteiger charge is -2.33. The van der Waals surface area contributed by atoms with Crippen molar-refractivity contribution >= 4 is 11.7 Å². The summed E-state index contributed by atoms with van der Waals surface area (Å²) in [6.45, 7) is 2.09. The number of hydrogen-bond donors (Lipinski definition) is 1. The molecule has 0 radical (unpaired) electrons. The fourth-order valence-corrected chi connectivity index (χ4v) is 1.78. The first-order valence-electron chi connectivity index (χ1n) is 4.67. The van der Waals surface area contributed by atoms with Crippen molar-refractivity contribution in [3.63, 3.8) is 0 Å². The van der Waals surface area contributed by atoms with E-state index in [4.69, 9.17) is 0 Å². The van der Waals surface area contributed by atoms with Gasteiger partial charge in [0.2, 0.25) is 0 Å². The molecule has 6 heteroatoms. The summed E-state index contributed by atoms with van der Waals surface area (Å²) in [6.07, 6.45) is -0.313. The highest BCUT2D eigenvalue weighted by Gasteiger charge is 2.42. The van der Waals surface area contributed by atoms with Gasteiger partial charge in [-0.2, -0.15) is 5.01 Å². The van der Waals surface area contributed by atoms with Crippen molar-refractivity contribution in [2.75, 3.05) is 20.6 Å². The zero-order valence-electron chi connectivity index (χ0n) is 9.23. The Morgan fingerprint density at radius 3 is 2.33 bits per heavy atom. The highest BCUT2D eigenvalue weighted by molar-refractivity contribution is 5.96. The smallest absolute Gasteiger partial charge is 0.277 e. The van der Waals surface area contributed by atoms with Crippen molar-refractivity contribution in [3.05, 3.63) is 0 Å². The molecule has 1 fully saturated rings. The Hall–Kier alpha value is -0.650. The molecule has 1 saturated heterocycles. The van der Waals surface area contributed by atoms with E-state index in [2.05, 4.69) is 0 Å². The molecule has 0 spiro atoms. The van der Waals surface area contributed by atoms with Crippen LogP contribution in [0, 0.1) is 0 Å². The molecule has 0 bridgehead atoms.